The Morgan fingerprint density at radius 3 is 2.19 bits per heavy atom. The van der Waals surface area contributed by atoms with Crippen molar-refractivity contribution >= 4 is 40.9 Å². The van der Waals surface area contributed by atoms with E-state index in [1.165, 1.54) is 6.07 Å². The average Bonchev–Trinajstić information content (AvgIpc) is 2.89. The Kier molecular flexibility index (Phi) is 8.20. The smallest absolute Gasteiger partial charge is 0.253 e. The molecule has 2 aromatic carbocycles. The fourth-order valence-corrected chi connectivity index (χ4v) is 5.64. The first-order valence-electron chi connectivity index (χ1n) is 12.2. The van der Waals surface area contributed by atoms with Crippen molar-refractivity contribution in [1.29, 1.82) is 0 Å². The SMILES string of the molecule is CC(=O)N1CCC(C(=O)N2CC[C@@H](N(C)C(=O)c3ccc(Cl)cc3)[C@H](c3ccc(F)c(Cl)c3)C2)CC1. The van der Waals surface area contributed by atoms with Gasteiger partial charge in [0.15, 0.2) is 0 Å². The molecule has 0 unspecified atom stereocenters. The minimum atomic E-state index is -0.511. The number of likely N-dealkylation sites (tertiary alicyclic amines) is 2. The maximum atomic E-state index is 13.9. The van der Waals surface area contributed by atoms with Crippen LogP contribution < -0.4 is 0 Å². The van der Waals surface area contributed by atoms with E-state index in [4.69, 9.17) is 23.2 Å². The van der Waals surface area contributed by atoms with Gasteiger partial charge in [0.2, 0.25) is 11.8 Å². The topological polar surface area (TPSA) is 60.9 Å². The molecule has 36 heavy (non-hydrogen) atoms. The van der Waals surface area contributed by atoms with Gasteiger partial charge in [0.25, 0.3) is 5.91 Å². The number of piperidine rings is 2. The van der Waals surface area contributed by atoms with Gasteiger partial charge < -0.3 is 14.7 Å². The molecule has 2 heterocycles. The number of amides is 3. The Morgan fingerprint density at radius 1 is 0.944 bits per heavy atom. The van der Waals surface area contributed by atoms with Crippen LogP contribution in [0, 0.1) is 11.7 Å². The second kappa shape index (κ2) is 11.2. The van der Waals surface area contributed by atoms with Crippen molar-refractivity contribution in [1.82, 2.24) is 14.7 Å². The number of carbonyl (C=O) groups excluding carboxylic acids is 3. The molecule has 0 N–H and O–H groups in total. The predicted molar refractivity (Wildman–Crippen MR) is 138 cm³/mol. The van der Waals surface area contributed by atoms with Gasteiger partial charge in [0.05, 0.1) is 5.02 Å². The molecule has 0 aliphatic carbocycles. The number of benzene rings is 2. The van der Waals surface area contributed by atoms with Crippen LogP contribution >= 0.6 is 23.2 Å². The molecule has 2 atom stereocenters. The zero-order valence-corrected chi connectivity index (χ0v) is 21.9. The van der Waals surface area contributed by atoms with Crippen molar-refractivity contribution in [2.75, 3.05) is 33.2 Å². The third-order valence-electron chi connectivity index (χ3n) is 7.46. The van der Waals surface area contributed by atoms with Crippen molar-refractivity contribution < 1.29 is 18.8 Å². The monoisotopic (exact) mass is 533 g/mol. The van der Waals surface area contributed by atoms with Gasteiger partial charge in [-0.1, -0.05) is 29.3 Å². The summed E-state index contributed by atoms with van der Waals surface area (Å²) in [5.41, 5.74) is 1.31. The molecule has 2 fully saturated rings. The number of halogens is 3. The number of hydrogen-bond acceptors (Lipinski definition) is 3. The minimum Gasteiger partial charge on any atom is -0.343 e. The number of carbonyl (C=O) groups is 3. The Balaban J connectivity index is 1.55. The minimum absolute atomic E-state index is 0.0120. The lowest BCUT2D eigenvalue weighted by molar-refractivity contribution is -0.141. The van der Waals surface area contributed by atoms with Gasteiger partial charge in [-0.15, -0.1) is 0 Å². The predicted octanol–water partition coefficient (Wildman–Crippen LogP) is 4.85. The summed E-state index contributed by atoms with van der Waals surface area (Å²) in [6, 6.07) is 11.1. The summed E-state index contributed by atoms with van der Waals surface area (Å²) in [6.07, 6.45) is 1.86. The second-order valence-corrected chi connectivity index (χ2v) is 10.5. The highest BCUT2D eigenvalue weighted by Gasteiger charge is 2.39. The van der Waals surface area contributed by atoms with E-state index in [-0.39, 0.29) is 40.6 Å². The first kappa shape index (κ1) is 26.4. The summed E-state index contributed by atoms with van der Waals surface area (Å²) in [5, 5.41) is 0.562. The van der Waals surface area contributed by atoms with E-state index in [0.29, 0.717) is 56.0 Å². The third-order valence-corrected chi connectivity index (χ3v) is 8.00. The van der Waals surface area contributed by atoms with Crippen LogP contribution in [-0.4, -0.2) is 71.7 Å². The van der Waals surface area contributed by atoms with Crippen LogP contribution in [0.1, 0.15) is 48.0 Å². The van der Waals surface area contributed by atoms with Crippen molar-refractivity contribution in [3.8, 4) is 0 Å². The quantitative estimate of drug-likeness (QED) is 0.564. The summed E-state index contributed by atoms with van der Waals surface area (Å²) in [5.74, 6) is -0.929. The van der Waals surface area contributed by atoms with Crippen LogP contribution in [-0.2, 0) is 9.59 Å². The van der Waals surface area contributed by atoms with E-state index < -0.39 is 5.82 Å². The van der Waals surface area contributed by atoms with Crippen molar-refractivity contribution in [3.63, 3.8) is 0 Å². The lowest BCUT2D eigenvalue weighted by Gasteiger charge is -2.44. The van der Waals surface area contributed by atoms with Gasteiger partial charge in [0.1, 0.15) is 5.82 Å². The van der Waals surface area contributed by atoms with Crippen molar-refractivity contribution in [3.05, 3.63) is 69.5 Å². The standard InChI is InChI=1S/C27H30Cl2FN3O3/c1-17(34)32-12-9-19(10-13-32)27(36)33-14-11-25(22(16-33)20-5-8-24(30)23(29)15-20)31(2)26(35)18-3-6-21(28)7-4-18/h3-8,15,19,22,25H,9-14,16H2,1-2H3/t22-,25+/m0/s1. The molecule has 2 saturated heterocycles. The van der Waals surface area contributed by atoms with Crippen LogP contribution in [0.4, 0.5) is 4.39 Å². The van der Waals surface area contributed by atoms with E-state index in [9.17, 15) is 18.8 Å². The summed E-state index contributed by atoms with van der Waals surface area (Å²) in [4.78, 5) is 43.7. The van der Waals surface area contributed by atoms with E-state index in [1.807, 2.05) is 4.90 Å². The van der Waals surface area contributed by atoms with E-state index >= 15 is 0 Å². The Hall–Kier alpha value is -2.64. The molecule has 0 aromatic heterocycles. The van der Waals surface area contributed by atoms with Crippen molar-refractivity contribution in [2.24, 2.45) is 5.92 Å². The first-order chi connectivity index (χ1) is 17.2. The van der Waals surface area contributed by atoms with E-state index in [0.717, 1.165) is 5.56 Å². The fraction of sp³-hybridized carbons (Fsp3) is 0.444. The second-order valence-electron chi connectivity index (χ2n) is 9.62. The van der Waals surface area contributed by atoms with Gasteiger partial charge in [-0.25, -0.2) is 4.39 Å². The third kappa shape index (κ3) is 5.68. The van der Waals surface area contributed by atoms with Crippen LogP contribution in [0.3, 0.4) is 0 Å². The molecule has 192 valence electrons. The van der Waals surface area contributed by atoms with Crippen molar-refractivity contribution in [2.45, 2.75) is 38.1 Å². The number of hydrogen-bond donors (Lipinski definition) is 0. The highest BCUT2D eigenvalue weighted by Crippen LogP contribution is 2.34. The maximum absolute atomic E-state index is 13.9. The molecule has 9 heteroatoms. The molecular formula is C27H30Cl2FN3O3. The Bertz CT molecular complexity index is 1140. The van der Waals surface area contributed by atoms with E-state index in [2.05, 4.69) is 0 Å². The van der Waals surface area contributed by atoms with Crippen LogP contribution in [0.2, 0.25) is 10.0 Å². The van der Waals surface area contributed by atoms with Gasteiger partial charge in [-0.3, -0.25) is 14.4 Å². The summed E-state index contributed by atoms with van der Waals surface area (Å²) in [7, 11) is 1.76. The first-order valence-corrected chi connectivity index (χ1v) is 12.9. The molecule has 6 nitrogen and oxygen atoms in total. The molecule has 0 saturated carbocycles. The molecule has 0 radical (unpaired) electrons. The summed E-state index contributed by atoms with van der Waals surface area (Å²) in [6.45, 7) is 3.62. The van der Waals surface area contributed by atoms with Gasteiger partial charge in [0, 0.05) is 68.6 Å². The Labute approximate surface area is 220 Å². The van der Waals surface area contributed by atoms with Gasteiger partial charge in [-0.2, -0.15) is 0 Å². The van der Waals surface area contributed by atoms with Crippen LogP contribution in [0.5, 0.6) is 0 Å². The van der Waals surface area contributed by atoms with Crippen LogP contribution in [0.25, 0.3) is 0 Å². The fourth-order valence-electron chi connectivity index (χ4n) is 5.32. The zero-order valence-electron chi connectivity index (χ0n) is 20.4. The molecule has 2 aliphatic heterocycles. The van der Waals surface area contributed by atoms with Crippen LogP contribution in [0.15, 0.2) is 42.5 Å². The number of likely N-dealkylation sites (N-methyl/N-ethyl adjacent to an activating group) is 1. The number of nitrogens with zero attached hydrogens (tertiary/aromatic N) is 3. The molecule has 0 spiro atoms. The highest BCUT2D eigenvalue weighted by atomic mass is 35.5. The zero-order chi connectivity index (χ0) is 26.0. The molecular weight excluding hydrogens is 504 g/mol. The lowest BCUT2D eigenvalue weighted by Crippen LogP contribution is -2.53. The lowest BCUT2D eigenvalue weighted by atomic mass is 9.83. The Morgan fingerprint density at radius 2 is 1.58 bits per heavy atom. The van der Waals surface area contributed by atoms with E-state index in [1.54, 1.807) is 60.2 Å². The summed E-state index contributed by atoms with van der Waals surface area (Å²) >= 11 is 12.1. The molecule has 4 rings (SSSR count). The number of rotatable bonds is 4. The molecule has 3 amide bonds. The summed E-state index contributed by atoms with van der Waals surface area (Å²) < 4.78 is 13.9. The van der Waals surface area contributed by atoms with Gasteiger partial charge in [-0.05, 0) is 61.2 Å². The maximum Gasteiger partial charge on any atom is 0.253 e. The van der Waals surface area contributed by atoms with Gasteiger partial charge >= 0.3 is 0 Å². The highest BCUT2D eigenvalue weighted by molar-refractivity contribution is 6.31. The molecule has 0 bridgehead atoms. The molecule has 2 aliphatic rings. The molecule has 2 aromatic rings. The largest absolute Gasteiger partial charge is 0.343 e. The normalized spacial score (nSPS) is 20.8. The average molecular weight is 534 g/mol.